The smallest absolute Gasteiger partial charge is 0.175 e. The lowest BCUT2D eigenvalue weighted by molar-refractivity contribution is 0.00708. The summed E-state index contributed by atoms with van der Waals surface area (Å²) in [5.41, 5.74) is 1.75. The fourth-order valence-electron chi connectivity index (χ4n) is 2.23. The summed E-state index contributed by atoms with van der Waals surface area (Å²) in [5.74, 6) is 1.30. The Morgan fingerprint density at radius 3 is 1.48 bits per heavy atom. The Labute approximate surface area is 138 Å². The van der Waals surface area contributed by atoms with Gasteiger partial charge >= 0.3 is 0 Å². The molecule has 0 aliphatic carbocycles. The molecule has 1 aromatic heterocycles. The van der Waals surface area contributed by atoms with Crippen molar-refractivity contribution in [1.29, 1.82) is 0 Å². The molecule has 1 aliphatic rings. The number of hydrogen-bond acceptors (Lipinski definition) is 6. The SMILES string of the molecule is S=c1[nH]c2cc3c(cc2[nH]1)OCCOCCOCCOCCO3. The Kier molecular flexibility index (Phi) is 5.87. The normalized spacial score (nSPS) is 18.3. The number of imidazole rings is 1. The summed E-state index contributed by atoms with van der Waals surface area (Å²) >= 11 is 5.12. The number of fused-ring (bicyclic) bond motifs is 2. The van der Waals surface area contributed by atoms with E-state index in [2.05, 4.69) is 9.97 Å². The van der Waals surface area contributed by atoms with Gasteiger partial charge in [0.25, 0.3) is 0 Å². The number of ether oxygens (including phenoxy) is 5. The maximum absolute atomic E-state index is 5.78. The standard InChI is InChI=1S/C15H20N2O5S/c23-15-16-11-9-13-14(10-12(11)17-15)22-8-6-20-4-2-18-1-3-19-5-7-21-13/h9-10H,1-8H2,(H2,16,17,23). The van der Waals surface area contributed by atoms with E-state index in [1.165, 1.54) is 0 Å². The van der Waals surface area contributed by atoms with Gasteiger partial charge in [0.15, 0.2) is 16.3 Å². The molecule has 0 spiro atoms. The first kappa shape index (κ1) is 16.3. The van der Waals surface area contributed by atoms with E-state index in [4.69, 9.17) is 35.9 Å². The van der Waals surface area contributed by atoms with E-state index in [1.807, 2.05) is 12.1 Å². The van der Waals surface area contributed by atoms with Crippen LogP contribution in [-0.4, -0.2) is 62.8 Å². The molecule has 1 aromatic carbocycles. The molecule has 1 aliphatic heterocycles. The highest BCUT2D eigenvalue weighted by molar-refractivity contribution is 7.71. The molecule has 0 radical (unpaired) electrons. The van der Waals surface area contributed by atoms with E-state index in [1.54, 1.807) is 0 Å². The predicted molar refractivity (Wildman–Crippen MR) is 86.9 cm³/mol. The van der Waals surface area contributed by atoms with Crippen LogP contribution < -0.4 is 9.47 Å². The molecule has 126 valence electrons. The fraction of sp³-hybridized carbons (Fsp3) is 0.533. The van der Waals surface area contributed by atoms with Crippen LogP contribution in [-0.2, 0) is 14.2 Å². The molecule has 0 amide bonds. The molecule has 0 bridgehead atoms. The second-order valence-corrected chi connectivity index (χ2v) is 5.37. The van der Waals surface area contributed by atoms with Gasteiger partial charge < -0.3 is 33.7 Å². The van der Waals surface area contributed by atoms with E-state index in [9.17, 15) is 0 Å². The lowest BCUT2D eigenvalue weighted by atomic mass is 10.2. The van der Waals surface area contributed by atoms with Crippen molar-refractivity contribution in [3.63, 3.8) is 0 Å². The Hall–Kier alpha value is -1.61. The van der Waals surface area contributed by atoms with Crippen molar-refractivity contribution >= 4 is 23.3 Å². The van der Waals surface area contributed by atoms with Crippen LogP contribution in [0.3, 0.4) is 0 Å². The van der Waals surface area contributed by atoms with Crippen molar-refractivity contribution in [2.75, 3.05) is 52.9 Å². The minimum absolute atomic E-state index is 0.434. The van der Waals surface area contributed by atoms with Crippen LogP contribution in [0, 0.1) is 4.77 Å². The molecule has 0 atom stereocenters. The van der Waals surface area contributed by atoms with Gasteiger partial charge in [0.2, 0.25) is 0 Å². The molecule has 7 nitrogen and oxygen atoms in total. The molecular formula is C15H20N2O5S. The summed E-state index contributed by atoms with van der Waals surface area (Å²) in [7, 11) is 0. The topological polar surface area (TPSA) is 77.7 Å². The lowest BCUT2D eigenvalue weighted by Crippen LogP contribution is -2.13. The van der Waals surface area contributed by atoms with E-state index < -0.39 is 0 Å². The van der Waals surface area contributed by atoms with E-state index in [-0.39, 0.29) is 0 Å². The van der Waals surface area contributed by atoms with Gasteiger partial charge in [-0.05, 0) is 12.2 Å². The summed E-state index contributed by atoms with van der Waals surface area (Å²) in [4.78, 5) is 6.15. The van der Waals surface area contributed by atoms with Crippen LogP contribution >= 0.6 is 12.2 Å². The molecule has 0 saturated carbocycles. The van der Waals surface area contributed by atoms with Crippen LogP contribution in [0.15, 0.2) is 12.1 Å². The van der Waals surface area contributed by atoms with Crippen molar-refractivity contribution in [2.24, 2.45) is 0 Å². The Bertz CT molecular complexity index is 630. The quantitative estimate of drug-likeness (QED) is 0.715. The lowest BCUT2D eigenvalue weighted by Gasteiger charge is -2.13. The van der Waals surface area contributed by atoms with Crippen LogP contribution in [0.25, 0.3) is 11.0 Å². The van der Waals surface area contributed by atoms with Gasteiger partial charge in [-0.1, -0.05) is 0 Å². The van der Waals surface area contributed by atoms with Crippen LogP contribution in [0.5, 0.6) is 11.5 Å². The third-order valence-corrected chi connectivity index (χ3v) is 3.50. The number of rotatable bonds is 0. The Balaban J connectivity index is 1.75. The van der Waals surface area contributed by atoms with E-state index in [0.717, 1.165) is 11.0 Å². The van der Waals surface area contributed by atoms with Crippen molar-refractivity contribution in [1.82, 2.24) is 9.97 Å². The highest BCUT2D eigenvalue weighted by Gasteiger charge is 2.10. The summed E-state index contributed by atoms with van der Waals surface area (Å²) in [5, 5.41) is 0. The van der Waals surface area contributed by atoms with Gasteiger partial charge in [-0.3, -0.25) is 0 Å². The molecule has 3 rings (SSSR count). The molecular weight excluding hydrogens is 320 g/mol. The Morgan fingerprint density at radius 2 is 1.04 bits per heavy atom. The monoisotopic (exact) mass is 340 g/mol. The fourth-order valence-corrected chi connectivity index (χ4v) is 2.45. The van der Waals surface area contributed by atoms with Gasteiger partial charge in [0, 0.05) is 12.1 Å². The number of hydrogen-bond donors (Lipinski definition) is 2. The molecule has 0 fully saturated rings. The number of aromatic nitrogens is 2. The molecule has 2 N–H and O–H groups in total. The zero-order valence-electron chi connectivity index (χ0n) is 12.8. The maximum Gasteiger partial charge on any atom is 0.175 e. The first-order valence-electron chi connectivity index (χ1n) is 7.58. The summed E-state index contributed by atoms with van der Waals surface area (Å²) < 4.78 is 28.4. The Morgan fingerprint density at radius 1 is 0.652 bits per heavy atom. The second kappa shape index (κ2) is 8.30. The largest absolute Gasteiger partial charge is 0.487 e. The van der Waals surface area contributed by atoms with Gasteiger partial charge in [0.05, 0.1) is 50.7 Å². The highest BCUT2D eigenvalue weighted by Crippen LogP contribution is 2.31. The van der Waals surface area contributed by atoms with Crippen molar-refractivity contribution in [3.05, 3.63) is 16.9 Å². The molecule has 0 saturated heterocycles. The minimum Gasteiger partial charge on any atom is -0.487 e. The number of nitrogens with one attached hydrogen (secondary N) is 2. The summed E-state index contributed by atoms with van der Waals surface area (Å²) in [6, 6.07) is 3.75. The van der Waals surface area contributed by atoms with Crippen molar-refractivity contribution in [3.8, 4) is 11.5 Å². The molecule has 2 aromatic rings. The van der Waals surface area contributed by atoms with Crippen molar-refractivity contribution in [2.45, 2.75) is 0 Å². The number of aromatic amines is 2. The van der Waals surface area contributed by atoms with Crippen molar-refractivity contribution < 1.29 is 23.7 Å². The zero-order chi connectivity index (χ0) is 15.9. The zero-order valence-corrected chi connectivity index (χ0v) is 13.6. The number of H-pyrrole nitrogens is 2. The van der Waals surface area contributed by atoms with Crippen LogP contribution in [0.2, 0.25) is 0 Å². The van der Waals surface area contributed by atoms with Crippen LogP contribution in [0.4, 0.5) is 0 Å². The average Bonchev–Trinajstić information content (AvgIpc) is 2.89. The molecule has 2 heterocycles. The number of benzene rings is 1. The third-order valence-electron chi connectivity index (χ3n) is 3.29. The predicted octanol–water partition coefficient (Wildman–Crippen LogP) is 2.05. The van der Waals surface area contributed by atoms with Gasteiger partial charge in [-0.15, -0.1) is 0 Å². The average molecular weight is 340 g/mol. The maximum atomic E-state index is 5.78. The van der Waals surface area contributed by atoms with E-state index >= 15 is 0 Å². The first-order chi connectivity index (χ1) is 11.3. The summed E-state index contributed by atoms with van der Waals surface area (Å²) in [6.07, 6.45) is 0. The van der Waals surface area contributed by atoms with Gasteiger partial charge in [-0.2, -0.15) is 0 Å². The third kappa shape index (κ3) is 4.68. The highest BCUT2D eigenvalue weighted by atomic mass is 32.1. The molecule has 23 heavy (non-hydrogen) atoms. The first-order valence-corrected chi connectivity index (χ1v) is 7.98. The van der Waals surface area contributed by atoms with Gasteiger partial charge in [-0.25, -0.2) is 0 Å². The minimum atomic E-state index is 0.434. The van der Waals surface area contributed by atoms with E-state index in [0.29, 0.717) is 69.1 Å². The molecule has 8 heteroatoms. The van der Waals surface area contributed by atoms with Gasteiger partial charge in [0.1, 0.15) is 13.2 Å². The summed E-state index contributed by atoms with van der Waals surface area (Å²) in [6.45, 7) is 4.02. The second-order valence-electron chi connectivity index (χ2n) is 4.96. The molecule has 0 unspecified atom stereocenters. The van der Waals surface area contributed by atoms with Crippen LogP contribution in [0.1, 0.15) is 0 Å².